The molecule has 27 heavy (non-hydrogen) atoms. The molecular weight excluding hydrogens is 371 g/mol. The Morgan fingerprint density at radius 1 is 1.22 bits per heavy atom. The lowest BCUT2D eigenvalue weighted by Crippen LogP contribution is -2.13. The van der Waals surface area contributed by atoms with Crippen LogP contribution in [-0.4, -0.2) is 20.7 Å². The minimum atomic E-state index is -3.97. The van der Waals surface area contributed by atoms with Gasteiger partial charge in [0.15, 0.2) is 11.6 Å². The van der Waals surface area contributed by atoms with E-state index in [1.807, 2.05) is 6.92 Å². The van der Waals surface area contributed by atoms with Crippen molar-refractivity contribution in [2.24, 2.45) is 5.14 Å². The van der Waals surface area contributed by atoms with Crippen molar-refractivity contribution in [3.63, 3.8) is 0 Å². The van der Waals surface area contributed by atoms with Gasteiger partial charge in [-0.2, -0.15) is 0 Å². The van der Waals surface area contributed by atoms with Crippen LogP contribution in [0.15, 0.2) is 51.9 Å². The van der Waals surface area contributed by atoms with Gasteiger partial charge in [0, 0.05) is 17.5 Å². The average molecular weight is 390 g/mol. The molecule has 142 valence electrons. The summed E-state index contributed by atoms with van der Waals surface area (Å²) in [6, 6.07) is 10.7. The average Bonchev–Trinajstić information content (AvgIpc) is 3.05. The first-order valence-electron chi connectivity index (χ1n) is 8.31. The van der Waals surface area contributed by atoms with Crippen LogP contribution in [0.5, 0.6) is 5.75 Å². The highest BCUT2D eigenvalue weighted by Gasteiger charge is 2.24. The number of nitrogens with two attached hydrogens (primary N) is 1. The fourth-order valence-electron chi connectivity index (χ4n) is 2.93. The number of aromatic nitrogens is 1. The maximum atomic E-state index is 14.2. The number of halogens is 1. The van der Waals surface area contributed by atoms with E-state index >= 15 is 0 Å². The molecule has 0 aliphatic rings. The number of hydrogen-bond acceptors (Lipinski definition) is 5. The van der Waals surface area contributed by atoms with Gasteiger partial charge in [-0.3, -0.25) is 0 Å². The Morgan fingerprint density at radius 2 is 1.96 bits per heavy atom. The van der Waals surface area contributed by atoms with Crippen LogP contribution in [0.3, 0.4) is 0 Å². The Morgan fingerprint density at radius 3 is 2.59 bits per heavy atom. The third-order valence-electron chi connectivity index (χ3n) is 4.13. The molecule has 2 N–H and O–H groups in total. The summed E-state index contributed by atoms with van der Waals surface area (Å²) in [5, 5.41) is 9.47. The van der Waals surface area contributed by atoms with Crippen LogP contribution >= 0.6 is 0 Å². The second-order valence-electron chi connectivity index (χ2n) is 5.97. The van der Waals surface area contributed by atoms with E-state index in [4.69, 9.17) is 14.4 Å². The van der Waals surface area contributed by atoms with E-state index in [1.165, 1.54) is 25.3 Å². The zero-order chi connectivity index (χ0) is 19.6. The summed E-state index contributed by atoms with van der Waals surface area (Å²) in [7, 11) is -2.60. The summed E-state index contributed by atoms with van der Waals surface area (Å²) in [5.74, 6) is 0.0584. The SMILES string of the molecule is CCCc1onc(-c2ccc(OC)c(F)c2)c1-c1ccccc1S(N)(=O)=O. The highest BCUT2D eigenvalue weighted by molar-refractivity contribution is 7.89. The summed E-state index contributed by atoms with van der Waals surface area (Å²) < 4.78 is 48.7. The zero-order valence-electron chi connectivity index (χ0n) is 14.9. The minimum absolute atomic E-state index is 0.0409. The van der Waals surface area contributed by atoms with Gasteiger partial charge in [-0.25, -0.2) is 17.9 Å². The van der Waals surface area contributed by atoms with Crippen molar-refractivity contribution in [2.75, 3.05) is 7.11 Å². The van der Waals surface area contributed by atoms with Gasteiger partial charge >= 0.3 is 0 Å². The van der Waals surface area contributed by atoms with Gasteiger partial charge in [0.05, 0.1) is 17.6 Å². The summed E-state index contributed by atoms with van der Waals surface area (Å²) >= 11 is 0. The molecule has 0 aliphatic carbocycles. The van der Waals surface area contributed by atoms with E-state index in [-0.39, 0.29) is 10.6 Å². The van der Waals surface area contributed by atoms with Crippen LogP contribution in [0.25, 0.3) is 22.4 Å². The number of hydrogen-bond donors (Lipinski definition) is 1. The lowest BCUT2D eigenvalue weighted by atomic mass is 9.97. The van der Waals surface area contributed by atoms with E-state index in [9.17, 15) is 12.8 Å². The lowest BCUT2D eigenvalue weighted by molar-refractivity contribution is 0.383. The van der Waals surface area contributed by atoms with Crippen molar-refractivity contribution < 1.29 is 22.1 Å². The molecule has 0 saturated carbocycles. The quantitative estimate of drug-likeness (QED) is 0.691. The Balaban J connectivity index is 2.28. The second-order valence-corrected chi connectivity index (χ2v) is 7.50. The second kappa shape index (κ2) is 7.50. The van der Waals surface area contributed by atoms with Gasteiger partial charge < -0.3 is 9.26 Å². The maximum Gasteiger partial charge on any atom is 0.238 e. The fraction of sp³-hybridized carbons (Fsp3) is 0.211. The molecule has 0 saturated heterocycles. The molecule has 3 aromatic rings. The molecule has 1 heterocycles. The summed E-state index contributed by atoms with van der Waals surface area (Å²) in [6.45, 7) is 1.96. The van der Waals surface area contributed by atoms with E-state index in [0.29, 0.717) is 34.6 Å². The molecule has 0 bridgehead atoms. The van der Waals surface area contributed by atoms with E-state index in [1.54, 1.807) is 24.3 Å². The van der Waals surface area contributed by atoms with E-state index in [2.05, 4.69) is 5.16 Å². The number of primary sulfonamides is 1. The number of aryl methyl sites for hydroxylation is 1. The minimum Gasteiger partial charge on any atom is -0.494 e. The first kappa shape index (κ1) is 19.1. The van der Waals surface area contributed by atoms with E-state index in [0.717, 1.165) is 6.42 Å². The van der Waals surface area contributed by atoms with Crippen molar-refractivity contribution in [2.45, 2.75) is 24.7 Å². The summed E-state index contributed by atoms with van der Waals surface area (Å²) in [6.07, 6.45) is 1.30. The first-order chi connectivity index (χ1) is 12.9. The van der Waals surface area contributed by atoms with Crippen LogP contribution in [-0.2, 0) is 16.4 Å². The Kier molecular flexibility index (Phi) is 5.29. The van der Waals surface area contributed by atoms with Crippen LogP contribution < -0.4 is 9.88 Å². The largest absolute Gasteiger partial charge is 0.494 e. The number of methoxy groups -OCH3 is 1. The van der Waals surface area contributed by atoms with Gasteiger partial charge in [-0.15, -0.1) is 0 Å². The third-order valence-corrected chi connectivity index (χ3v) is 5.10. The normalized spacial score (nSPS) is 11.6. The maximum absolute atomic E-state index is 14.2. The van der Waals surface area contributed by atoms with Crippen molar-refractivity contribution in [3.8, 4) is 28.1 Å². The summed E-state index contributed by atoms with van der Waals surface area (Å²) in [5.41, 5.74) is 1.65. The monoisotopic (exact) mass is 390 g/mol. The molecule has 0 atom stereocenters. The molecule has 0 fully saturated rings. The van der Waals surface area contributed by atoms with Crippen LogP contribution in [0, 0.1) is 5.82 Å². The standard InChI is InChI=1S/C19H19FN2O4S/c1-3-6-16-18(13-7-4-5-8-17(13)27(21,23)24)19(22-26-16)12-9-10-15(25-2)14(20)11-12/h4-5,7-11H,3,6H2,1-2H3,(H2,21,23,24). The van der Waals surface area contributed by atoms with Crippen molar-refractivity contribution in [1.82, 2.24) is 5.16 Å². The van der Waals surface area contributed by atoms with Crippen molar-refractivity contribution in [1.29, 1.82) is 0 Å². The molecule has 0 aliphatic heterocycles. The Labute approximate surface area is 156 Å². The lowest BCUT2D eigenvalue weighted by Gasteiger charge is -2.10. The topological polar surface area (TPSA) is 95.4 Å². The van der Waals surface area contributed by atoms with Gasteiger partial charge in [-0.05, 0) is 30.7 Å². The molecule has 1 aromatic heterocycles. The molecule has 2 aromatic carbocycles. The van der Waals surface area contributed by atoms with Crippen LogP contribution in [0.1, 0.15) is 19.1 Å². The summed E-state index contributed by atoms with van der Waals surface area (Å²) in [4.78, 5) is -0.0409. The number of rotatable bonds is 6. The molecule has 0 amide bonds. The number of nitrogens with zero attached hydrogens (tertiary/aromatic N) is 1. The molecule has 0 radical (unpaired) electrons. The predicted octanol–water partition coefficient (Wildman–Crippen LogP) is 3.76. The number of ether oxygens (including phenoxy) is 1. The first-order valence-corrected chi connectivity index (χ1v) is 9.86. The number of sulfonamides is 1. The smallest absolute Gasteiger partial charge is 0.238 e. The molecular formula is C19H19FN2O4S. The zero-order valence-corrected chi connectivity index (χ0v) is 15.7. The fourth-order valence-corrected chi connectivity index (χ4v) is 3.68. The molecule has 0 spiro atoms. The highest BCUT2D eigenvalue weighted by Crippen LogP contribution is 2.39. The van der Waals surface area contributed by atoms with Gasteiger partial charge in [-0.1, -0.05) is 30.3 Å². The Bertz CT molecular complexity index is 1080. The van der Waals surface area contributed by atoms with Gasteiger partial charge in [0.2, 0.25) is 10.0 Å². The van der Waals surface area contributed by atoms with Gasteiger partial charge in [0.25, 0.3) is 0 Å². The number of benzene rings is 2. The molecule has 3 rings (SSSR count). The van der Waals surface area contributed by atoms with E-state index < -0.39 is 15.8 Å². The van der Waals surface area contributed by atoms with Crippen molar-refractivity contribution in [3.05, 3.63) is 54.0 Å². The third kappa shape index (κ3) is 3.72. The molecule has 0 unspecified atom stereocenters. The highest BCUT2D eigenvalue weighted by atomic mass is 32.2. The van der Waals surface area contributed by atoms with Crippen LogP contribution in [0.2, 0.25) is 0 Å². The van der Waals surface area contributed by atoms with Crippen LogP contribution in [0.4, 0.5) is 4.39 Å². The van der Waals surface area contributed by atoms with Gasteiger partial charge in [0.1, 0.15) is 11.5 Å². The molecule has 6 nitrogen and oxygen atoms in total. The molecule has 8 heteroatoms. The predicted molar refractivity (Wildman–Crippen MR) is 99.3 cm³/mol. The van der Waals surface area contributed by atoms with Crippen molar-refractivity contribution >= 4 is 10.0 Å². The Hall–Kier alpha value is -2.71.